The molecule has 2 aromatic rings. The lowest BCUT2D eigenvalue weighted by Gasteiger charge is -2.19. The Bertz CT molecular complexity index is 892. The number of nitrogens with zero attached hydrogens (tertiary/aromatic N) is 5. The van der Waals surface area contributed by atoms with Crippen LogP contribution in [0.25, 0.3) is 0 Å². The van der Waals surface area contributed by atoms with Crippen molar-refractivity contribution in [3.05, 3.63) is 40.8 Å². The van der Waals surface area contributed by atoms with E-state index in [-0.39, 0.29) is 12.0 Å². The zero-order valence-corrected chi connectivity index (χ0v) is 15.7. The summed E-state index contributed by atoms with van der Waals surface area (Å²) in [4.78, 5) is 17.3. The predicted molar refractivity (Wildman–Crippen MR) is 99.2 cm³/mol. The average molecular weight is 366 g/mol. The van der Waals surface area contributed by atoms with Crippen LogP contribution in [0.5, 0.6) is 5.75 Å². The van der Waals surface area contributed by atoms with E-state index in [1.54, 1.807) is 12.3 Å². The zero-order chi connectivity index (χ0) is 19.4. The van der Waals surface area contributed by atoms with Gasteiger partial charge < -0.3 is 15.0 Å². The van der Waals surface area contributed by atoms with Crippen LogP contribution in [0.1, 0.15) is 35.9 Å². The van der Waals surface area contributed by atoms with Gasteiger partial charge in [-0.1, -0.05) is 0 Å². The van der Waals surface area contributed by atoms with E-state index in [0.717, 1.165) is 29.9 Å². The number of rotatable bonds is 5. The molecule has 1 amide bonds. The first kappa shape index (κ1) is 18.6. The van der Waals surface area contributed by atoms with Crippen LogP contribution in [-0.4, -0.2) is 40.3 Å². The van der Waals surface area contributed by atoms with Gasteiger partial charge in [0.2, 0.25) is 5.91 Å². The fourth-order valence-electron chi connectivity index (χ4n) is 3.00. The van der Waals surface area contributed by atoms with Crippen molar-refractivity contribution in [2.45, 2.75) is 39.8 Å². The topological polar surface area (TPSA) is 104 Å². The molecular weight excluding hydrogens is 344 g/mol. The van der Waals surface area contributed by atoms with Gasteiger partial charge in [-0.2, -0.15) is 10.4 Å². The molecule has 140 valence electrons. The van der Waals surface area contributed by atoms with Crippen molar-refractivity contribution in [2.75, 3.05) is 18.0 Å². The molecule has 1 aliphatic heterocycles. The highest BCUT2D eigenvalue weighted by atomic mass is 16.5. The number of hydrogen-bond donors (Lipinski definition) is 1. The zero-order valence-electron chi connectivity index (χ0n) is 15.7. The van der Waals surface area contributed by atoms with Crippen LogP contribution in [0, 0.1) is 25.2 Å². The minimum absolute atomic E-state index is 0.0176. The van der Waals surface area contributed by atoms with E-state index in [0.29, 0.717) is 30.2 Å². The van der Waals surface area contributed by atoms with Gasteiger partial charge in [0.25, 0.3) is 0 Å². The van der Waals surface area contributed by atoms with Crippen LogP contribution in [0.4, 0.5) is 5.82 Å². The van der Waals surface area contributed by atoms with E-state index >= 15 is 0 Å². The summed E-state index contributed by atoms with van der Waals surface area (Å²) in [7, 11) is 0. The molecule has 0 aliphatic carbocycles. The first-order valence-electron chi connectivity index (χ1n) is 8.83. The Hall–Kier alpha value is -3.21. The van der Waals surface area contributed by atoms with Gasteiger partial charge in [0, 0.05) is 32.2 Å². The Morgan fingerprint density at radius 1 is 1.44 bits per heavy atom. The Morgan fingerprint density at radius 3 is 3.00 bits per heavy atom. The molecule has 8 heteroatoms. The van der Waals surface area contributed by atoms with E-state index in [4.69, 9.17) is 4.74 Å². The molecule has 0 spiro atoms. The van der Waals surface area contributed by atoms with Crippen LogP contribution in [0.15, 0.2) is 18.3 Å². The van der Waals surface area contributed by atoms with Gasteiger partial charge in [-0.25, -0.2) is 0 Å². The minimum Gasteiger partial charge on any atom is -0.488 e. The number of hydrogen-bond acceptors (Lipinski definition) is 7. The van der Waals surface area contributed by atoms with E-state index in [9.17, 15) is 10.1 Å². The van der Waals surface area contributed by atoms with Crippen molar-refractivity contribution < 1.29 is 9.53 Å². The molecule has 1 fully saturated rings. The van der Waals surface area contributed by atoms with E-state index in [1.165, 1.54) is 6.92 Å². The molecule has 0 bridgehead atoms. The molecule has 8 nitrogen and oxygen atoms in total. The summed E-state index contributed by atoms with van der Waals surface area (Å²) in [6.45, 7) is 6.97. The second kappa shape index (κ2) is 7.99. The number of nitrogens with one attached hydrogen (secondary N) is 1. The summed E-state index contributed by atoms with van der Waals surface area (Å²) >= 11 is 0. The smallest absolute Gasteiger partial charge is 0.217 e. The molecule has 3 heterocycles. The van der Waals surface area contributed by atoms with Crippen LogP contribution in [-0.2, 0) is 11.3 Å². The number of aromatic nitrogens is 3. The summed E-state index contributed by atoms with van der Waals surface area (Å²) in [6.07, 6.45) is 2.47. The molecule has 3 rings (SSSR count). The number of nitriles is 1. The monoisotopic (exact) mass is 366 g/mol. The molecule has 1 unspecified atom stereocenters. The fraction of sp³-hybridized carbons (Fsp3) is 0.421. The maximum Gasteiger partial charge on any atom is 0.217 e. The van der Waals surface area contributed by atoms with Crippen LogP contribution >= 0.6 is 0 Å². The largest absolute Gasteiger partial charge is 0.488 e. The van der Waals surface area contributed by atoms with Gasteiger partial charge in [0.15, 0.2) is 5.82 Å². The Kier molecular flexibility index (Phi) is 5.50. The number of carbonyl (C=O) groups excluding carboxylic acids is 1. The number of ether oxygens (including phenoxy) is 1. The first-order valence-corrected chi connectivity index (χ1v) is 8.83. The third-order valence-electron chi connectivity index (χ3n) is 4.60. The Labute approximate surface area is 158 Å². The number of aryl methyl sites for hydroxylation is 1. The van der Waals surface area contributed by atoms with Gasteiger partial charge >= 0.3 is 0 Å². The second-order valence-corrected chi connectivity index (χ2v) is 6.59. The standard InChI is InChI=1S/C19H22N6O2/c1-12-13(2)23-24-19(18(12)9-20)25-7-5-17(11-25)27-16-4-6-21-15(8-16)10-22-14(3)26/h4,6,8,17H,5,7,10-11H2,1-3H3,(H,22,26). The highest BCUT2D eigenvalue weighted by Crippen LogP contribution is 2.26. The van der Waals surface area contributed by atoms with Crippen LogP contribution in [0.3, 0.4) is 0 Å². The highest BCUT2D eigenvalue weighted by Gasteiger charge is 2.28. The van der Waals surface area contributed by atoms with Crippen molar-refractivity contribution in [3.8, 4) is 11.8 Å². The Morgan fingerprint density at radius 2 is 2.26 bits per heavy atom. The molecular formula is C19H22N6O2. The summed E-state index contributed by atoms with van der Waals surface area (Å²) in [6, 6.07) is 5.88. The van der Waals surface area contributed by atoms with Gasteiger partial charge in [0.1, 0.15) is 23.5 Å². The third kappa shape index (κ3) is 4.31. The summed E-state index contributed by atoms with van der Waals surface area (Å²) in [5, 5.41) is 20.6. The molecule has 27 heavy (non-hydrogen) atoms. The van der Waals surface area contributed by atoms with E-state index < -0.39 is 0 Å². The van der Waals surface area contributed by atoms with Crippen molar-refractivity contribution in [3.63, 3.8) is 0 Å². The molecule has 1 saturated heterocycles. The van der Waals surface area contributed by atoms with E-state index in [1.807, 2.05) is 24.8 Å². The van der Waals surface area contributed by atoms with Gasteiger partial charge in [-0.05, 0) is 25.5 Å². The minimum atomic E-state index is -0.0997. The summed E-state index contributed by atoms with van der Waals surface area (Å²) in [5.41, 5.74) is 2.95. The summed E-state index contributed by atoms with van der Waals surface area (Å²) in [5.74, 6) is 1.23. The van der Waals surface area contributed by atoms with Crippen molar-refractivity contribution in [1.29, 1.82) is 5.26 Å². The van der Waals surface area contributed by atoms with Crippen LogP contribution < -0.4 is 15.0 Å². The van der Waals surface area contributed by atoms with Gasteiger partial charge in [0.05, 0.1) is 24.5 Å². The maximum absolute atomic E-state index is 11.0. The SMILES string of the molecule is CC(=O)NCc1cc(OC2CCN(c3nnc(C)c(C)c3C#N)C2)ccn1. The Balaban J connectivity index is 1.67. The van der Waals surface area contributed by atoms with Crippen LogP contribution in [0.2, 0.25) is 0 Å². The molecule has 0 radical (unpaired) electrons. The second-order valence-electron chi connectivity index (χ2n) is 6.59. The molecule has 1 N–H and O–H groups in total. The predicted octanol–water partition coefficient (Wildman–Crippen LogP) is 1.65. The average Bonchev–Trinajstić information content (AvgIpc) is 3.10. The molecule has 0 saturated carbocycles. The molecule has 0 aromatic carbocycles. The lowest BCUT2D eigenvalue weighted by molar-refractivity contribution is -0.119. The molecule has 1 atom stereocenters. The first-order chi connectivity index (χ1) is 13.0. The van der Waals surface area contributed by atoms with Crippen molar-refractivity contribution >= 4 is 11.7 Å². The number of anilines is 1. The van der Waals surface area contributed by atoms with Crippen molar-refractivity contribution in [2.24, 2.45) is 0 Å². The van der Waals surface area contributed by atoms with E-state index in [2.05, 4.69) is 26.6 Å². The number of amides is 1. The third-order valence-corrected chi connectivity index (χ3v) is 4.60. The molecule has 2 aromatic heterocycles. The van der Waals surface area contributed by atoms with Gasteiger partial charge in [-0.3, -0.25) is 9.78 Å². The lowest BCUT2D eigenvalue weighted by atomic mass is 10.1. The van der Waals surface area contributed by atoms with Gasteiger partial charge in [-0.15, -0.1) is 5.10 Å². The van der Waals surface area contributed by atoms with Crippen molar-refractivity contribution in [1.82, 2.24) is 20.5 Å². The quantitative estimate of drug-likeness (QED) is 0.858. The number of carbonyl (C=O) groups is 1. The normalized spacial score (nSPS) is 16.1. The fourth-order valence-corrected chi connectivity index (χ4v) is 3.00. The summed E-state index contributed by atoms with van der Waals surface area (Å²) < 4.78 is 6.08. The maximum atomic E-state index is 11.0. The lowest BCUT2D eigenvalue weighted by Crippen LogP contribution is -2.26. The highest BCUT2D eigenvalue weighted by molar-refractivity contribution is 5.72. The molecule has 1 aliphatic rings. The number of pyridine rings is 1.